The molecule has 1 heterocycles. The molecular formula is C9H16O. The largest absolute Gasteiger partial charge is 0.381 e. The molecule has 1 nitrogen and oxygen atoms in total. The van der Waals surface area contributed by atoms with Gasteiger partial charge < -0.3 is 4.74 Å². The van der Waals surface area contributed by atoms with Crippen molar-refractivity contribution in [2.75, 3.05) is 13.2 Å². The molecule has 1 heteroatoms. The summed E-state index contributed by atoms with van der Waals surface area (Å²) in [5, 5.41) is 0. The van der Waals surface area contributed by atoms with E-state index in [0.29, 0.717) is 0 Å². The molecule has 0 aromatic heterocycles. The summed E-state index contributed by atoms with van der Waals surface area (Å²) < 4.78 is 5.07. The first-order valence-corrected chi connectivity index (χ1v) is 3.73. The summed E-state index contributed by atoms with van der Waals surface area (Å²) in [6, 6.07) is 0. The zero-order chi connectivity index (χ0) is 7.66. The monoisotopic (exact) mass is 140 g/mol. The Morgan fingerprint density at radius 2 is 1.40 bits per heavy atom. The van der Waals surface area contributed by atoms with Crippen molar-refractivity contribution in [2.24, 2.45) is 0 Å². The van der Waals surface area contributed by atoms with Crippen LogP contribution in [-0.4, -0.2) is 13.2 Å². The Balaban J connectivity index is 0.000000180. The Morgan fingerprint density at radius 1 is 0.900 bits per heavy atom. The minimum absolute atomic E-state index is 1.00. The average molecular weight is 140 g/mol. The Labute approximate surface area is 63.4 Å². The quantitative estimate of drug-likeness (QED) is 0.508. The van der Waals surface area contributed by atoms with Gasteiger partial charge in [-0.25, -0.2) is 0 Å². The van der Waals surface area contributed by atoms with E-state index in [0.717, 1.165) is 13.2 Å². The molecule has 0 amide bonds. The van der Waals surface area contributed by atoms with E-state index in [1.165, 1.54) is 19.3 Å². The first-order chi connectivity index (χ1) is 4.91. The molecule has 0 atom stereocenters. The van der Waals surface area contributed by atoms with Gasteiger partial charge in [0.05, 0.1) is 0 Å². The van der Waals surface area contributed by atoms with Crippen molar-refractivity contribution in [3.8, 4) is 0 Å². The Morgan fingerprint density at radius 3 is 1.50 bits per heavy atom. The van der Waals surface area contributed by atoms with Crippen LogP contribution in [0.3, 0.4) is 0 Å². The van der Waals surface area contributed by atoms with Gasteiger partial charge in [0, 0.05) is 13.2 Å². The number of hydrogen-bond donors (Lipinski definition) is 0. The van der Waals surface area contributed by atoms with Crippen molar-refractivity contribution in [3.05, 3.63) is 25.3 Å². The predicted molar refractivity (Wildman–Crippen MR) is 45.1 cm³/mol. The third-order valence-corrected chi connectivity index (χ3v) is 1.24. The Hall–Kier alpha value is -0.560. The molecule has 0 saturated carbocycles. The highest BCUT2D eigenvalue weighted by Crippen LogP contribution is 2.02. The van der Waals surface area contributed by atoms with Crippen LogP contribution in [0.2, 0.25) is 0 Å². The van der Waals surface area contributed by atoms with Gasteiger partial charge in [-0.2, -0.15) is 0 Å². The summed E-state index contributed by atoms with van der Waals surface area (Å²) >= 11 is 0. The zero-order valence-electron chi connectivity index (χ0n) is 6.51. The second kappa shape index (κ2) is 8.44. The van der Waals surface area contributed by atoms with Crippen molar-refractivity contribution in [1.29, 1.82) is 0 Å². The Bertz CT molecular complexity index is 65.2. The van der Waals surface area contributed by atoms with Crippen LogP contribution in [-0.2, 0) is 4.74 Å². The molecule has 58 valence electrons. The first-order valence-electron chi connectivity index (χ1n) is 3.73. The highest BCUT2D eigenvalue weighted by atomic mass is 16.5. The maximum Gasteiger partial charge on any atom is 0.0466 e. The molecule has 0 aromatic rings. The molecule has 10 heavy (non-hydrogen) atoms. The van der Waals surface area contributed by atoms with Crippen LogP contribution in [0.1, 0.15) is 19.3 Å². The summed E-state index contributed by atoms with van der Waals surface area (Å²) in [4.78, 5) is 0. The van der Waals surface area contributed by atoms with E-state index < -0.39 is 0 Å². The highest BCUT2D eigenvalue weighted by molar-refractivity contribution is 4.88. The topological polar surface area (TPSA) is 9.23 Å². The molecule has 0 aromatic carbocycles. The number of hydrogen-bond acceptors (Lipinski definition) is 1. The fourth-order valence-corrected chi connectivity index (χ4v) is 0.687. The van der Waals surface area contributed by atoms with Gasteiger partial charge in [0.2, 0.25) is 0 Å². The molecule has 0 spiro atoms. The van der Waals surface area contributed by atoms with Gasteiger partial charge >= 0.3 is 0 Å². The average Bonchev–Trinajstić information content (AvgIpc) is 2.08. The summed E-state index contributed by atoms with van der Waals surface area (Å²) in [7, 11) is 0. The minimum Gasteiger partial charge on any atom is -0.381 e. The van der Waals surface area contributed by atoms with Crippen LogP contribution < -0.4 is 0 Å². The second-order valence-corrected chi connectivity index (χ2v) is 2.14. The molecule has 0 bridgehead atoms. The van der Waals surface area contributed by atoms with Crippen molar-refractivity contribution in [1.82, 2.24) is 0 Å². The van der Waals surface area contributed by atoms with Crippen LogP contribution in [0.4, 0.5) is 0 Å². The lowest BCUT2D eigenvalue weighted by atomic mass is 10.2. The normalized spacial score (nSPS) is 16.4. The van der Waals surface area contributed by atoms with Gasteiger partial charge in [-0.3, -0.25) is 0 Å². The molecular weight excluding hydrogens is 124 g/mol. The van der Waals surface area contributed by atoms with Crippen LogP contribution in [0.15, 0.2) is 25.3 Å². The van der Waals surface area contributed by atoms with E-state index in [1.54, 1.807) is 12.2 Å². The maximum absolute atomic E-state index is 5.07. The van der Waals surface area contributed by atoms with Crippen molar-refractivity contribution < 1.29 is 4.74 Å². The zero-order valence-corrected chi connectivity index (χ0v) is 6.51. The van der Waals surface area contributed by atoms with Gasteiger partial charge in [0.15, 0.2) is 0 Å². The summed E-state index contributed by atoms with van der Waals surface area (Å²) in [6.07, 6.45) is 7.21. The van der Waals surface area contributed by atoms with E-state index in [-0.39, 0.29) is 0 Å². The molecule has 1 rings (SSSR count). The van der Waals surface area contributed by atoms with E-state index in [2.05, 4.69) is 13.2 Å². The third-order valence-electron chi connectivity index (χ3n) is 1.24. The Kier molecular flexibility index (Phi) is 7.97. The van der Waals surface area contributed by atoms with E-state index in [1.807, 2.05) is 0 Å². The van der Waals surface area contributed by atoms with E-state index in [9.17, 15) is 0 Å². The molecule has 0 N–H and O–H groups in total. The third kappa shape index (κ3) is 7.44. The predicted octanol–water partition coefficient (Wildman–Crippen LogP) is 2.55. The van der Waals surface area contributed by atoms with Crippen molar-refractivity contribution in [2.45, 2.75) is 19.3 Å². The van der Waals surface area contributed by atoms with Gasteiger partial charge in [-0.05, 0) is 19.3 Å². The molecule has 0 aliphatic carbocycles. The SMILES string of the molecule is C1CCOCC1.C=CC=C. The van der Waals surface area contributed by atoms with Gasteiger partial charge in [-0.15, -0.1) is 0 Å². The molecule has 1 fully saturated rings. The van der Waals surface area contributed by atoms with Gasteiger partial charge in [0.25, 0.3) is 0 Å². The molecule has 1 aliphatic heterocycles. The lowest BCUT2D eigenvalue weighted by molar-refractivity contribution is 0.0968. The number of allylic oxidation sites excluding steroid dienone is 2. The van der Waals surface area contributed by atoms with Crippen LogP contribution in [0.25, 0.3) is 0 Å². The lowest BCUT2D eigenvalue weighted by Gasteiger charge is -2.08. The highest BCUT2D eigenvalue weighted by Gasteiger charge is 1.94. The van der Waals surface area contributed by atoms with Crippen molar-refractivity contribution in [3.63, 3.8) is 0 Å². The maximum atomic E-state index is 5.07. The summed E-state index contributed by atoms with van der Waals surface area (Å²) in [6.45, 7) is 8.72. The van der Waals surface area contributed by atoms with E-state index >= 15 is 0 Å². The fraction of sp³-hybridized carbons (Fsp3) is 0.556. The second-order valence-electron chi connectivity index (χ2n) is 2.14. The standard InChI is InChI=1S/C5H10O.C4H6/c1-2-4-6-5-3-1;1-3-4-2/h1-5H2;3-4H,1-2H2. The smallest absolute Gasteiger partial charge is 0.0466 e. The van der Waals surface area contributed by atoms with Gasteiger partial charge in [0.1, 0.15) is 0 Å². The number of ether oxygens (including phenoxy) is 1. The molecule has 0 unspecified atom stereocenters. The molecule has 0 radical (unpaired) electrons. The summed E-state index contributed by atoms with van der Waals surface area (Å²) in [5.41, 5.74) is 0. The summed E-state index contributed by atoms with van der Waals surface area (Å²) in [5.74, 6) is 0. The minimum atomic E-state index is 1.00. The van der Waals surface area contributed by atoms with Gasteiger partial charge in [-0.1, -0.05) is 25.3 Å². The van der Waals surface area contributed by atoms with Crippen LogP contribution >= 0.6 is 0 Å². The lowest BCUT2D eigenvalue weighted by Crippen LogP contribution is -2.03. The number of rotatable bonds is 1. The first kappa shape index (κ1) is 9.44. The molecule has 1 saturated heterocycles. The van der Waals surface area contributed by atoms with Crippen molar-refractivity contribution >= 4 is 0 Å². The molecule has 1 aliphatic rings. The van der Waals surface area contributed by atoms with E-state index in [4.69, 9.17) is 4.74 Å². The fourth-order valence-electron chi connectivity index (χ4n) is 0.687. The van der Waals surface area contributed by atoms with Crippen LogP contribution in [0, 0.1) is 0 Å². The van der Waals surface area contributed by atoms with Crippen LogP contribution in [0.5, 0.6) is 0 Å².